The Morgan fingerprint density at radius 3 is 2.65 bits per heavy atom. The first-order valence-electron chi connectivity index (χ1n) is 5.71. The van der Waals surface area contributed by atoms with E-state index in [9.17, 15) is 5.11 Å². The second-order valence-corrected chi connectivity index (χ2v) is 4.68. The number of ether oxygens (including phenoxy) is 1. The van der Waals surface area contributed by atoms with Crippen molar-refractivity contribution in [2.24, 2.45) is 0 Å². The van der Waals surface area contributed by atoms with Crippen LogP contribution in [0.3, 0.4) is 0 Å². The quantitative estimate of drug-likeness (QED) is 0.706. The standard InChI is InChI=1S/C13H21NO3/c1-13(2,7-8-15)14-9-10-5-4-6-11(17-3)12(10)16/h4-6,14-16H,7-9H2,1-3H3. The Hall–Kier alpha value is -1.26. The summed E-state index contributed by atoms with van der Waals surface area (Å²) in [5, 5.41) is 22.1. The third kappa shape index (κ3) is 3.91. The number of rotatable bonds is 6. The van der Waals surface area contributed by atoms with Crippen molar-refractivity contribution in [3.05, 3.63) is 23.8 Å². The van der Waals surface area contributed by atoms with Gasteiger partial charge in [0.1, 0.15) is 0 Å². The molecule has 4 nitrogen and oxygen atoms in total. The number of hydrogen-bond donors (Lipinski definition) is 3. The first-order valence-corrected chi connectivity index (χ1v) is 5.71. The average molecular weight is 239 g/mol. The Balaban J connectivity index is 2.69. The van der Waals surface area contributed by atoms with Gasteiger partial charge in [-0.05, 0) is 26.3 Å². The van der Waals surface area contributed by atoms with Crippen LogP contribution in [-0.4, -0.2) is 29.5 Å². The Kier molecular flexibility index (Phi) is 4.78. The summed E-state index contributed by atoms with van der Waals surface area (Å²) in [6, 6.07) is 5.41. The van der Waals surface area contributed by atoms with E-state index in [2.05, 4.69) is 5.32 Å². The summed E-state index contributed by atoms with van der Waals surface area (Å²) in [6.45, 7) is 4.71. The maximum atomic E-state index is 9.90. The molecule has 0 spiro atoms. The molecule has 3 N–H and O–H groups in total. The van der Waals surface area contributed by atoms with Crippen molar-refractivity contribution in [1.82, 2.24) is 5.32 Å². The number of aliphatic hydroxyl groups is 1. The summed E-state index contributed by atoms with van der Waals surface area (Å²) >= 11 is 0. The van der Waals surface area contributed by atoms with Crippen molar-refractivity contribution < 1.29 is 14.9 Å². The maximum absolute atomic E-state index is 9.90. The maximum Gasteiger partial charge on any atom is 0.162 e. The molecular formula is C13H21NO3. The van der Waals surface area contributed by atoms with Crippen LogP contribution in [0.2, 0.25) is 0 Å². The van der Waals surface area contributed by atoms with Gasteiger partial charge in [-0.1, -0.05) is 12.1 Å². The van der Waals surface area contributed by atoms with Gasteiger partial charge in [0.2, 0.25) is 0 Å². The van der Waals surface area contributed by atoms with Gasteiger partial charge >= 0.3 is 0 Å². The van der Waals surface area contributed by atoms with Crippen molar-refractivity contribution in [3.8, 4) is 11.5 Å². The fourth-order valence-corrected chi connectivity index (χ4v) is 1.58. The van der Waals surface area contributed by atoms with E-state index in [1.165, 1.54) is 7.11 Å². The van der Waals surface area contributed by atoms with Gasteiger partial charge in [0, 0.05) is 24.3 Å². The summed E-state index contributed by atoms with van der Waals surface area (Å²) < 4.78 is 5.05. The zero-order chi connectivity index (χ0) is 12.9. The van der Waals surface area contributed by atoms with E-state index in [4.69, 9.17) is 9.84 Å². The summed E-state index contributed by atoms with van der Waals surface area (Å²) in [5.74, 6) is 0.645. The molecule has 1 aromatic rings. The molecule has 0 bridgehead atoms. The Bertz CT molecular complexity index is 364. The van der Waals surface area contributed by atoms with Crippen LogP contribution in [0, 0.1) is 0 Å². The highest BCUT2D eigenvalue weighted by Crippen LogP contribution is 2.29. The number of phenolic OH excluding ortho intramolecular Hbond substituents is 1. The molecule has 0 aromatic heterocycles. The lowest BCUT2D eigenvalue weighted by molar-refractivity contribution is 0.229. The summed E-state index contributed by atoms with van der Waals surface area (Å²) in [6.07, 6.45) is 0.664. The monoisotopic (exact) mass is 239 g/mol. The lowest BCUT2D eigenvalue weighted by Crippen LogP contribution is -2.39. The number of nitrogens with one attached hydrogen (secondary N) is 1. The normalized spacial score (nSPS) is 11.5. The fourth-order valence-electron chi connectivity index (χ4n) is 1.58. The topological polar surface area (TPSA) is 61.7 Å². The van der Waals surface area contributed by atoms with Gasteiger partial charge in [-0.15, -0.1) is 0 Å². The Morgan fingerprint density at radius 2 is 2.06 bits per heavy atom. The minimum atomic E-state index is -0.162. The van der Waals surface area contributed by atoms with Gasteiger partial charge in [0.05, 0.1) is 7.11 Å². The minimum absolute atomic E-state index is 0.143. The number of methoxy groups -OCH3 is 1. The van der Waals surface area contributed by atoms with Gasteiger partial charge in [-0.3, -0.25) is 0 Å². The number of phenols is 1. The lowest BCUT2D eigenvalue weighted by atomic mass is 10.0. The molecule has 4 heteroatoms. The minimum Gasteiger partial charge on any atom is -0.504 e. The molecule has 0 saturated carbocycles. The van der Waals surface area contributed by atoms with Crippen LogP contribution in [-0.2, 0) is 6.54 Å². The number of aromatic hydroxyl groups is 1. The molecular weight excluding hydrogens is 218 g/mol. The van der Waals surface area contributed by atoms with Crippen LogP contribution in [0.15, 0.2) is 18.2 Å². The van der Waals surface area contributed by atoms with E-state index in [0.29, 0.717) is 18.7 Å². The molecule has 17 heavy (non-hydrogen) atoms. The van der Waals surface area contributed by atoms with Crippen molar-refractivity contribution in [1.29, 1.82) is 0 Å². The molecule has 1 rings (SSSR count). The smallest absolute Gasteiger partial charge is 0.162 e. The molecule has 0 aliphatic carbocycles. The van der Waals surface area contributed by atoms with E-state index in [1.807, 2.05) is 26.0 Å². The molecule has 96 valence electrons. The molecule has 0 radical (unpaired) electrons. The highest BCUT2D eigenvalue weighted by molar-refractivity contribution is 5.45. The third-order valence-corrected chi connectivity index (χ3v) is 2.80. The first kappa shape index (κ1) is 13.8. The van der Waals surface area contributed by atoms with E-state index in [1.54, 1.807) is 6.07 Å². The lowest BCUT2D eigenvalue weighted by Gasteiger charge is -2.25. The molecule has 0 aliphatic rings. The second kappa shape index (κ2) is 5.89. The van der Waals surface area contributed by atoms with E-state index >= 15 is 0 Å². The van der Waals surface area contributed by atoms with Gasteiger partial charge < -0.3 is 20.3 Å². The summed E-state index contributed by atoms with van der Waals surface area (Å²) in [5.41, 5.74) is 0.625. The van der Waals surface area contributed by atoms with Gasteiger partial charge in [-0.25, -0.2) is 0 Å². The number of hydrogen-bond acceptors (Lipinski definition) is 4. The highest BCUT2D eigenvalue weighted by Gasteiger charge is 2.17. The molecule has 0 fully saturated rings. The van der Waals surface area contributed by atoms with Crippen molar-refractivity contribution in [2.45, 2.75) is 32.4 Å². The predicted molar refractivity (Wildman–Crippen MR) is 67.3 cm³/mol. The van der Waals surface area contributed by atoms with Gasteiger partial charge in [-0.2, -0.15) is 0 Å². The Morgan fingerprint density at radius 1 is 1.35 bits per heavy atom. The first-order chi connectivity index (χ1) is 8.00. The number of benzene rings is 1. The van der Waals surface area contributed by atoms with Crippen molar-refractivity contribution >= 4 is 0 Å². The zero-order valence-corrected chi connectivity index (χ0v) is 10.7. The average Bonchev–Trinajstić information content (AvgIpc) is 2.28. The van der Waals surface area contributed by atoms with Crippen LogP contribution < -0.4 is 10.1 Å². The van der Waals surface area contributed by atoms with E-state index < -0.39 is 0 Å². The van der Waals surface area contributed by atoms with E-state index in [-0.39, 0.29) is 17.9 Å². The van der Waals surface area contributed by atoms with Crippen LogP contribution >= 0.6 is 0 Å². The largest absolute Gasteiger partial charge is 0.504 e. The molecule has 0 aliphatic heterocycles. The Labute approximate surface area is 102 Å². The fraction of sp³-hybridized carbons (Fsp3) is 0.538. The number of aliphatic hydroxyl groups excluding tert-OH is 1. The molecule has 0 saturated heterocycles. The summed E-state index contributed by atoms with van der Waals surface area (Å²) in [7, 11) is 1.53. The molecule has 0 heterocycles. The third-order valence-electron chi connectivity index (χ3n) is 2.80. The summed E-state index contributed by atoms with van der Waals surface area (Å²) in [4.78, 5) is 0. The molecule has 1 aromatic carbocycles. The van der Waals surface area contributed by atoms with Crippen LogP contribution in [0.25, 0.3) is 0 Å². The van der Waals surface area contributed by atoms with E-state index in [0.717, 1.165) is 5.56 Å². The molecule has 0 amide bonds. The van der Waals surface area contributed by atoms with Crippen LogP contribution in [0.1, 0.15) is 25.8 Å². The molecule has 0 atom stereocenters. The zero-order valence-electron chi connectivity index (χ0n) is 10.7. The second-order valence-electron chi connectivity index (χ2n) is 4.68. The van der Waals surface area contributed by atoms with Crippen molar-refractivity contribution in [3.63, 3.8) is 0 Å². The van der Waals surface area contributed by atoms with Crippen LogP contribution in [0.4, 0.5) is 0 Å². The van der Waals surface area contributed by atoms with Crippen LogP contribution in [0.5, 0.6) is 11.5 Å². The molecule has 0 unspecified atom stereocenters. The number of para-hydroxylation sites is 1. The van der Waals surface area contributed by atoms with Gasteiger partial charge in [0.25, 0.3) is 0 Å². The van der Waals surface area contributed by atoms with Crippen molar-refractivity contribution in [2.75, 3.05) is 13.7 Å². The highest BCUT2D eigenvalue weighted by atomic mass is 16.5. The van der Waals surface area contributed by atoms with Gasteiger partial charge in [0.15, 0.2) is 11.5 Å². The SMILES string of the molecule is COc1cccc(CNC(C)(C)CCO)c1O. The predicted octanol–water partition coefficient (Wildman–Crippen LogP) is 1.65.